The van der Waals surface area contributed by atoms with Crippen LogP contribution in [0.4, 0.5) is 0 Å². The van der Waals surface area contributed by atoms with Crippen LogP contribution < -0.4 is 0 Å². The third kappa shape index (κ3) is 4.88. The highest BCUT2D eigenvalue weighted by molar-refractivity contribution is 7.27. The first kappa shape index (κ1) is 30.7. The minimum absolute atomic E-state index is 0.703. The molecule has 4 heteroatoms. The summed E-state index contributed by atoms with van der Waals surface area (Å²) in [5.74, 6) is 0.703. The maximum atomic E-state index is 5.11. The molecule has 0 saturated carbocycles. The predicted molar refractivity (Wildman–Crippen MR) is 229 cm³/mol. The number of benzene rings is 8. The molecule has 0 spiro atoms. The summed E-state index contributed by atoms with van der Waals surface area (Å²) in [5.41, 5.74) is 10.9. The Morgan fingerprint density at radius 1 is 0.389 bits per heavy atom. The Labute approximate surface area is 316 Å². The molecule has 0 N–H and O–H groups in total. The first-order valence-corrected chi connectivity index (χ1v) is 19.1. The molecule has 0 aliphatic heterocycles. The quantitative estimate of drug-likeness (QED) is 0.178. The first-order chi connectivity index (χ1) is 26.8. The van der Waals surface area contributed by atoms with E-state index in [1.807, 2.05) is 23.5 Å². The molecule has 0 bridgehead atoms. The van der Waals surface area contributed by atoms with Gasteiger partial charge in [-0.05, 0) is 70.4 Å². The topological polar surface area (TPSA) is 30.7 Å². The first-order valence-electron chi connectivity index (χ1n) is 18.2. The highest BCUT2D eigenvalue weighted by Gasteiger charge is 2.22. The molecule has 0 atom stereocenters. The van der Waals surface area contributed by atoms with E-state index in [1.54, 1.807) is 0 Å². The van der Waals surface area contributed by atoms with Crippen LogP contribution in [0, 0.1) is 0 Å². The van der Waals surface area contributed by atoms with Crippen LogP contribution in [0.1, 0.15) is 0 Å². The average molecular weight is 706 g/mol. The van der Waals surface area contributed by atoms with Gasteiger partial charge in [-0.2, -0.15) is 0 Å². The molecular formula is C50H31N3S. The second-order valence-electron chi connectivity index (χ2n) is 13.7. The summed E-state index contributed by atoms with van der Waals surface area (Å²) in [6, 6.07) is 67.0. The number of aromatic nitrogens is 3. The summed E-state index contributed by atoms with van der Waals surface area (Å²) in [6.07, 6.45) is 0. The van der Waals surface area contributed by atoms with Crippen molar-refractivity contribution in [3.05, 3.63) is 188 Å². The Morgan fingerprint density at radius 3 is 1.57 bits per heavy atom. The molecule has 0 aliphatic rings. The van der Waals surface area contributed by atoms with E-state index in [1.165, 1.54) is 63.9 Å². The fraction of sp³-hybridized carbons (Fsp3) is 0. The van der Waals surface area contributed by atoms with Crippen molar-refractivity contribution < 1.29 is 0 Å². The number of hydrogen-bond acceptors (Lipinski definition) is 3. The fourth-order valence-corrected chi connectivity index (χ4v) is 9.36. The van der Waals surface area contributed by atoms with E-state index in [0.29, 0.717) is 5.82 Å². The Bertz CT molecular complexity index is 3120. The standard InChI is InChI=1S/C50H31N3S/c1-4-14-32(15-5-1)36-26-29-44-41(30-36)46-38-20-10-11-21-39(38)47-40-22-12-13-23-45(40)54-49(47)48(46)53(44)37-27-24-35(25-28-37)50-51-42(33-16-6-2-7-17-33)31-43(52-50)34-18-8-3-9-19-34/h1-31H. The second kappa shape index (κ2) is 12.4. The lowest BCUT2D eigenvalue weighted by Gasteiger charge is -2.12. The molecule has 0 radical (unpaired) electrons. The summed E-state index contributed by atoms with van der Waals surface area (Å²) in [7, 11) is 0. The van der Waals surface area contributed by atoms with Crippen LogP contribution in [0.2, 0.25) is 0 Å². The van der Waals surface area contributed by atoms with Gasteiger partial charge in [0.15, 0.2) is 5.82 Å². The number of fused-ring (bicyclic) bond motifs is 10. The van der Waals surface area contributed by atoms with Crippen molar-refractivity contribution in [1.82, 2.24) is 14.5 Å². The Morgan fingerprint density at radius 2 is 0.926 bits per heavy atom. The average Bonchev–Trinajstić information content (AvgIpc) is 3.81. The van der Waals surface area contributed by atoms with Crippen molar-refractivity contribution in [2.75, 3.05) is 0 Å². The summed E-state index contributed by atoms with van der Waals surface area (Å²) in [6.45, 7) is 0. The summed E-state index contributed by atoms with van der Waals surface area (Å²) in [4.78, 5) is 10.2. The van der Waals surface area contributed by atoms with E-state index in [-0.39, 0.29) is 0 Å². The molecule has 3 aromatic heterocycles. The third-order valence-electron chi connectivity index (χ3n) is 10.6. The minimum Gasteiger partial charge on any atom is -0.308 e. The van der Waals surface area contributed by atoms with Crippen molar-refractivity contribution in [3.8, 4) is 50.7 Å². The van der Waals surface area contributed by atoms with Crippen LogP contribution in [0.3, 0.4) is 0 Å². The van der Waals surface area contributed by atoms with Gasteiger partial charge in [0, 0.05) is 48.6 Å². The number of thiophene rings is 1. The maximum Gasteiger partial charge on any atom is 0.160 e. The molecule has 11 rings (SSSR count). The number of hydrogen-bond donors (Lipinski definition) is 0. The molecule has 252 valence electrons. The molecule has 0 aliphatic carbocycles. The lowest BCUT2D eigenvalue weighted by Crippen LogP contribution is -1.97. The molecule has 3 heterocycles. The summed E-state index contributed by atoms with van der Waals surface area (Å²) < 4.78 is 5.08. The summed E-state index contributed by atoms with van der Waals surface area (Å²) >= 11 is 1.89. The molecule has 0 unspecified atom stereocenters. The lowest BCUT2D eigenvalue weighted by atomic mass is 9.97. The van der Waals surface area contributed by atoms with Gasteiger partial charge in [-0.3, -0.25) is 0 Å². The molecule has 0 fully saturated rings. The van der Waals surface area contributed by atoms with E-state index >= 15 is 0 Å². The van der Waals surface area contributed by atoms with Gasteiger partial charge < -0.3 is 4.57 Å². The fourth-order valence-electron chi connectivity index (χ4n) is 8.11. The van der Waals surface area contributed by atoms with Gasteiger partial charge in [-0.15, -0.1) is 11.3 Å². The monoisotopic (exact) mass is 705 g/mol. The highest BCUT2D eigenvalue weighted by Crippen LogP contribution is 2.48. The van der Waals surface area contributed by atoms with Crippen LogP contribution >= 0.6 is 11.3 Å². The third-order valence-corrected chi connectivity index (χ3v) is 11.8. The zero-order chi connectivity index (χ0) is 35.6. The van der Waals surface area contributed by atoms with Crippen LogP contribution in [0.5, 0.6) is 0 Å². The van der Waals surface area contributed by atoms with Crippen molar-refractivity contribution in [2.24, 2.45) is 0 Å². The van der Waals surface area contributed by atoms with Gasteiger partial charge in [0.2, 0.25) is 0 Å². The highest BCUT2D eigenvalue weighted by atomic mass is 32.1. The van der Waals surface area contributed by atoms with Crippen molar-refractivity contribution in [3.63, 3.8) is 0 Å². The minimum atomic E-state index is 0.703. The van der Waals surface area contributed by atoms with Crippen LogP contribution in [0.15, 0.2) is 188 Å². The molecule has 54 heavy (non-hydrogen) atoms. The maximum absolute atomic E-state index is 5.11. The van der Waals surface area contributed by atoms with Crippen molar-refractivity contribution in [2.45, 2.75) is 0 Å². The molecule has 11 aromatic rings. The van der Waals surface area contributed by atoms with Crippen molar-refractivity contribution >= 4 is 64.1 Å². The SMILES string of the molecule is c1ccc(-c2ccc3c(c2)c2c4ccccc4c4c5ccccc5sc4c2n3-c2ccc(-c3nc(-c4ccccc4)cc(-c4ccccc4)n3)cc2)cc1. The molecular weight excluding hydrogens is 675 g/mol. The van der Waals surface area contributed by atoms with E-state index in [4.69, 9.17) is 9.97 Å². The molecule has 0 amide bonds. The normalized spacial score (nSPS) is 11.7. The van der Waals surface area contributed by atoms with E-state index < -0.39 is 0 Å². The Balaban J connectivity index is 1.17. The van der Waals surface area contributed by atoms with Gasteiger partial charge in [0.05, 0.1) is 27.1 Å². The Hall–Kier alpha value is -6.88. The van der Waals surface area contributed by atoms with Gasteiger partial charge in [0.1, 0.15) is 0 Å². The Kier molecular flexibility index (Phi) is 7.04. The molecule has 8 aromatic carbocycles. The van der Waals surface area contributed by atoms with E-state index in [0.717, 1.165) is 33.8 Å². The zero-order valence-corrected chi connectivity index (χ0v) is 30.0. The van der Waals surface area contributed by atoms with Gasteiger partial charge in [-0.1, -0.05) is 140 Å². The largest absolute Gasteiger partial charge is 0.308 e. The molecule has 0 saturated heterocycles. The lowest BCUT2D eigenvalue weighted by molar-refractivity contribution is 1.17. The summed E-state index contributed by atoms with van der Waals surface area (Å²) in [5, 5.41) is 7.72. The van der Waals surface area contributed by atoms with Crippen LogP contribution in [-0.4, -0.2) is 14.5 Å². The number of rotatable bonds is 5. The zero-order valence-electron chi connectivity index (χ0n) is 29.1. The van der Waals surface area contributed by atoms with E-state index in [9.17, 15) is 0 Å². The second-order valence-corrected chi connectivity index (χ2v) is 14.8. The van der Waals surface area contributed by atoms with Gasteiger partial charge >= 0.3 is 0 Å². The van der Waals surface area contributed by atoms with Crippen LogP contribution in [0.25, 0.3) is 103 Å². The number of nitrogens with zero attached hydrogens (tertiary/aromatic N) is 3. The van der Waals surface area contributed by atoms with Crippen molar-refractivity contribution in [1.29, 1.82) is 0 Å². The van der Waals surface area contributed by atoms with E-state index in [2.05, 4.69) is 180 Å². The van der Waals surface area contributed by atoms with Gasteiger partial charge in [0.25, 0.3) is 0 Å². The van der Waals surface area contributed by atoms with Crippen LogP contribution in [-0.2, 0) is 0 Å². The van der Waals surface area contributed by atoms with Gasteiger partial charge in [-0.25, -0.2) is 9.97 Å². The predicted octanol–water partition coefficient (Wildman–Crippen LogP) is 13.8. The smallest absolute Gasteiger partial charge is 0.160 e. The molecule has 3 nitrogen and oxygen atoms in total.